The van der Waals surface area contributed by atoms with Crippen molar-refractivity contribution in [1.82, 2.24) is 15.1 Å². The minimum absolute atomic E-state index is 0.0234. The zero-order chi connectivity index (χ0) is 36.9. The summed E-state index contributed by atoms with van der Waals surface area (Å²) < 4.78 is 11.9. The fraction of sp³-hybridized carbons (Fsp3) is 0.439. The van der Waals surface area contributed by atoms with Crippen LogP contribution in [-0.2, 0) is 20.8 Å². The highest BCUT2D eigenvalue weighted by atomic mass is 35.5. The van der Waals surface area contributed by atoms with Crippen LogP contribution in [0.25, 0.3) is 5.57 Å². The molecule has 3 N–H and O–H groups in total. The molecule has 52 heavy (non-hydrogen) atoms. The van der Waals surface area contributed by atoms with Crippen molar-refractivity contribution in [2.75, 3.05) is 32.8 Å². The number of fused-ring (bicyclic) bond motifs is 2. The highest BCUT2D eigenvalue weighted by Gasteiger charge is 2.43. The van der Waals surface area contributed by atoms with Crippen LogP contribution < -0.4 is 14.8 Å². The van der Waals surface area contributed by atoms with Gasteiger partial charge >= 0.3 is 5.97 Å². The number of hydrogen-bond acceptors (Lipinski definition) is 7. The number of carbonyl (C=O) groups excluding carboxylic acids is 2. The quantitative estimate of drug-likeness (QED) is 0.175. The Balaban J connectivity index is 1.21. The predicted octanol–water partition coefficient (Wildman–Crippen LogP) is 5.51. The maximum absolute atomic E-state index is 14.7. The van der Waals surface area contributed by atoms with E-state index >= 15 is 0 Å². The standard InChI is InChI=1S/C41H48ClN3O7/c1-25-6-4-5-7-28(25)14-15-45(31-10-11-31)41(50)40-34(20-30-23-44(24-36(40)43-30)38(47)21-32(46)22-39(48)49)29-8-12-33(13-9-29)51-16-17-52-37-19-27(3)26(2)18-35(37)42/h4-9,12-13,18-19,30-32,36,43,46H,10-11,14-17,20-24H2,1-3H3,(H,48,49)/t30-,32+,36-/m1/s1. The fourth-order valence-corrected chi connectivity index (χ4v) is 7.50. The van der Waals surface area contributed by atoms with E-state index in [-0.39, 0.29) is 36.9 Å². The number of ether oxygens (including phenoxy) is 2. The third-order valence-corrected chi connectivity index (χ3v) is 10.6. The highest BCUT2D eigenvalue weighted by Crippen LogP contribution is 2.37. The molecule has 276 valence electrons. The predicted molar refractivity (Wildman–Crippen MR) is 200 cm³/mol. The van der Waals surface area contributed by atoms with Crippen LogP contribution in [0.4, 0.5) is 0 Å². The number of nitrogens with zero attached hydrogens (tertiary/aromatic N) is 2. The molecule has 2 fully saturated rings. The first-order valence-electron chi connectivity index (χ1n) is 18.1. The van der Waals surface area contributed by atoms with Gasteiger partial charge in [0.15, 0.2) is 0 Å². The molecule has 11 heteroatoms. The summed E-state index contributed by atoms with van der Waals surface area (Å²) in [5.41, 5.74) is 7.16. The molecule has 0 unspecified atom stereocenters. The number of amides is 2. The summed E-state index contributed by atoms with van der Waals surface area (Å²) in [5, 5.41) is 23.5. The van der Waals surface area contributed by atoms with Gasteiger partial charge in [-0.2, -0.15) is 0 Å². The first-order chi connectivity index (χ1) is 25.0. The number of aryl methyl sites for hydroxylation is 3. The third-order valence-electron chi connectivity index (χ3n) is 10.3. The SMILES string of the molecule is Cc1cc(Cl)c(OCCOc2ccc(C3=C(C(=O)N(CCc4ccccc4C)C4CC4)[C@H]4CN(C(=O)C[C@H](O)CC(=O)O)C[C@@H](C3)N4)cc2)cc1C. The van der Waals surface area contributed by atoms with Gasteiger partial charge < -0.3 is 34.8 Å². The maximum atomic E-state index is 14.7. The number of rotatable bonds is 15. The van der Waals surface area contributed by atoms with E-state index in [4.69, 9.17) is 26.2 Å². The summed E-state index contributed by atoms with van der Waals surface area (Å²) in [7, 11) is 0. The molecule has 1 aliphatic carbocycles. The number of halogens is 1. The van der Waals surface area contributed by atoms with Crippen LogP contribution in [0.1, 0.15) is 59.9 Å². The van der Waals surface area contributed by atoms with Crippen LogP contribution in [0, 0.1) is 20.8 Å². The molecule has 6 rings (SSSR count). The van der Waals surface area contributed by atoms with E-state index in [1.54, 1.807) is 4.90 Å². The Kier molecular flexibility index (Phi) is 11.9. The molecule has 1 saturated carbocycles. The number of carboxylic acids is 1. The number of piperazine rings is 1. The summed E-state index contributed by atoms with van der Waals surface area (Å²) in [4.78, 5) is 42.8. The number of aliphatic carboxylic acids is 1. The van der Waals surface area contributed by atoms with Crippen LogP contribution in [0.15, 0.2) is 66.2 Å². The zero-order valence-electron chi connectivity index (χ0n) is 30.1. The van der Waals surface area contributed by atoms with Gasteiger partial charge in [-0.05, 0) is 104 Å². The monoisotopic (exact) mass is 729 g/mol. The van der Waals surface area contributed by atoms with Crippen molar-refractivity contribution in [3.05, 3.63) is 99.1 Å². The van der Waals surface area contributed by atoms with Gasteiger partial charge in [-0.1, -0.05) is 48.0 Å². The number of carbonyl (C=O) groups is 3. The number of nitrogens with one attached hydrogen (secondary N) is 1. The minimum Gasteiger partial charge on any atom is -0.490 e. The molecule has 3 aromatic rings. The van der Waals surface area contributed by atoms with E-state index < -0.39 is 24.5 Å². The number of aliphatic hydroxyl groups is 1. The largest absolute Gasteiger partial charge is 0.490 e. The molecule has 1 saturated heterocycles. The molecular formula is C41H48ClN3O7. The van der Waals surface area contributed by atoms with Crippen molar-refractivity contribution in [2.24, 2.45) is 0 Å². The van der Waals surface area contributed by atoms with Crippen molar-refractivity contribution in [3.63, 3.8) is 0 Å². The molecule has 0 aromatic heterocycles. The van der Waals surface area contributed by atoms with E-state index in [0.717, 1.165) is 41.5 Å². The lowest BCUT2D eigenvalue weighted by atomic mass is 9.82. The van der Waals surface area contributed by atoms with Crippen LogP contribution in [0.3, 0.4) is 0 Å². The Labute approximate surface area is 310 Å². The molecule has 3 atom stereocenters. The Morgan fingerprint density at radius 3 is 2.37 bits per heavy atom. The molecule has 2 heterocycles. The lowest BCUT2D eigenvalue weighted by Crippen LogP contribution is -2.62. The summed E-state index contributed by atoms with van der Waals surface area (Å²) in [6.45, 7) is 8.00. The number of hydrogen-bond donors (Lipinski definition) is 3. The van der Waals surface area contributed by atoms with Crippen molar-refractivity contribution in [3.8, 4) is 11.5 Å². The molecule has 2 bridgehead atoms. The van der Waals surface area contributed by atoms with E-state index in [0.29, 0.717) is 54.8 Å². The third kappa shape index (κ3) is 9.15. The minimum atomic E-state index is -1.27. The molecule has 0 radical (unpaired) electrons. The normalized spacial score (nSPS) is 18.9. The average molecular weight is 730 g/mol. The molecule has 10 nitrogen and oxygen atoms in total. The van der Waals surface area contributed by atoms with Crippen LogP contribution >= 0.6 is 11.6 Å². The smallest absolute Gasteiger partial charge is 0.305 e. The zero-order valence-corrected chi connectivity index (χ0v) is 30.8. The Bertz CT molecular complexity index is 1820. The van der Waals surface area contributed by atoms with Crippen LogP contribution in [0.5, 0.6) is 11.5 Å². The van der Waals surface area contributed by atoms with Gasteiger partial charge in [0, 0.05) is 37.3 Å². The average Bonchev–Trinajstić information content (AvgIpc) is 3.94. The summed E-state index contributed by atoms with van der Waals surface area (Å²) >= 11 is 6.36. The van der Waals surface area contributed by atoms with Crippen LogP contribution in [0.2, 0.25) is 5.02 Å². The van der Waals surface area contributed by atoms with Gasteiger partial charge in [-0.25, -0.2) is 0 Å². The molecule has 3 aliphatic rings. The first-order valence-corrected chi connectivity index (χ1v) is 18.5. The molecule has 2 aliphatic heterocycles. The summed E-state index contributed by atoms with van der Waals surface area (Å²) in [6, 6.07) is 19.5. The lowest BCUT2D eigenvalue weighted by molar-refractivity contribution is -0.141. The second-order valence-corrected chi connectivity index (χ2v) is 14.7. The van der Waals surface area contributed by atoms with Crippen molar-refractivity contribution >= 4 is 35.0 Å². The van der Waals surface area contributed by atoms with Crippen LogP contribution in [-0.4, -0.2) is 94.9 Å². The van der Waals surface area contributed by atoms with Gasteiger partial charge in [0.05, 0.1) is 30.0 Å². The van der Waals surface area contributed by atoms with Gasteiger partial charge in [0.25, 0.3) is 5.91 Å². The fourth-order valence-electron chi connectivity index (χ4n) is 7.23. The van der Waals surface area contributed by atoms with E-state index in [1.165, 1.54) is 11.1 Å². The van der Waals surface area contributed by atoms with E-state index in [1.807, 2.05) is 67.3 Å². The van der Waals surface area contributed by atoms with Gasteiger partial charge in [0.1, 0.15) is 24.7 Å². The van der Waals surface area contributed by atoms with Crippen molar-refractivity contribution < 1.29 is 34.1 Å². The number of benzene rings is 3. The second kappa shape index (κ2) is 16.5. The molecule has 0 spiro atoms. The van der Waals surface area contributed by atoms with Gasteiger partial charge in [-0.15, -0.1) is 0 Å². The van der Waals surface area contributed by atoms with E-state index in [2.05, 4.69) is 24.4 Å². The van der Waals surface area contributed by atoms with Crippen molar-refractivity contribution in [1.29, 1.82) is 0 Å². The van der Waals surface area contributed by atoms with Gasteiger partial charge in [0.2, 0.25) is 5.91 Å². The highest BCUT2D eigenvalue weighted by molar-refractivity contribution is 6.32. The molecular weight excluding hydrogens is 682 g/mol. The summed E-state index contributed by atoms with van der Waals surface area (Å²) in [6.07, 6.45) is 1.15. The Hall–Kier alpha value is -4.38. The Morgan fingerprint density at radius 2 is 1.65 bits per heavy atom. The van der Waals surface area contributed by atoms with Crippen molar-refractivity contribution in [2.45, 2.75) is 83.5 Å². The van der Waals surface area contributed by atoms with E-state index in [9.17, 15) is 19.5 Å². The second-order valence-electron chi connectivity index (χ2n) is 14.3. The topological polar surface area (TPSA) is 129 Å². The first kappa shape index (κ1) is 37.4. The lowest BCUT2D eigenvalue weighted by Gasteiger charge is -2.45. The molecule has 2 amide bonds. The Morgan fingerprint density at radius 1 is 0.942 bits per heavy atom. The number of carboxylic acid groups (broad SMARTS) is 1. The van der Waals surface area contributed by atoms with Gasteiger partial charge in [-0.3, -0.25) is 14.4 Å². The summed E-state index contributed by atoms with van der Waals surface area (Å²) in [5.74, 6) is -0.194. The number of aliphatic hydroxyl groups excluding tert-OH is 1. The molecule has 3 aromatic carbocycles. The maximum Gasteiger partial charge on any atom is 0.305 e.